The molecule has 1 atom stereocenters. The molecule has 0 radical (unpaired) electrons. The number of anilines is 1. The lowest BCUT2D eigenvalue weighted by atomic mass is 10.2. The van der Waals surface area contributed by atoms with Crippen LogP contribution in [0.2, 0.25) is 0 Å². The standard InChI is InChI=1S/C22H24N4O2S/c1-15-7-2-4-10-18(15)24-22(29)26(13-16-8-6-12-28-16)14-20-23-19-11-5-3-9-17(19)21(27)25-20/h2-5,7,9-11,16H,6,8,12-14H2,1H3,(H,24,29)(H,23,25,27)/t16-/m1/s1. The van der Waals surface area contributed by atoms with Crippen LogP contribution in [0.4, 0.5) is 5.69 Å². The number of aromatic amines is 1. The number of ether oxygens (including phenoxy) is 1. The predicted molar refractivity (Wildman–Crippen MR) is 119 cm³/mol. The average Bonchev–Trinajstić information content (AvgIpc) is 3.22. The Hall–Kier alpha value is -2.77. The van der Waals surface area contributed by atoms with E-state index in [-0.39, 0.29) is 11.7 Å². The van der Waals surface area contributed by atoms with Crippen LogP contribution in [0.3, 0.4) is 0 Å². The van der Waals surface area contributed by atoms with Crippen LogP contribution in [0, 0.1) is 6.92 Å². The number of nitrogens with zero attached hydrogens (tertiary/aromatic N) is 2. The van der Waals surface area contributed by atoms with Gasteiger partial charge in [0.2, 0.25) is 0 Å². The molecule has 1 aliphatic rings. The molecule has 2 heterocycles. The second-order valence-electron chi connectivity index (χ2n) is 7.29. The highest BCUT2D eigenvalue weighted by Gasteiger charge is 2.22. The maximum atomic E-state index is 12.4. The second kappa shape index (κ2) is 8.71. The van der Waals surface area contributed by atoms with Crippen LogP contribution in [-0.4, -0.2) is 39.2 Å². The monoisotopic (exact) mass is 408 g/mol. The molecule has 29 heavy (non-hydrogen) atoms. The first kappa shape index (κ1) is 19.5. The Morgan fingerprint density at radius 3 is 2.86 bits per heavy atom. The van der Waals surface area contributed by atoms with Gasteiger partial charge in [-0.1, -0.05) is 30.3 Å². The number of hydrogen-bond donors (Lipinski definition) is 2. The van der Waals surface area contributed by atoms with Crippen LogP contribution in [0.15, 0.2) is 53.3 Å². The summed E-state index contributed by atoms with van der Waals surface area (Å²) in [6.07, 6.45) is 2.19. The zero-order valence-electron chi connectivity index (χ0n) is 16.4. The molecular weight excluding hydrogens is 384 g/mol. The van der Waals surface area contributed by atoms with Crippen LogP contribution >= 0.6 is 12.2 Å². The Balaban J connectivity index is 1.59. The number of hydrogen-bond acceptors (Lipinski definition) is 4. The van der Waals surface area contributed by atoms with Gasteiger partial charge >= 0.3 is 0 Å². The van der Waals surface area contributed by atoms with Crippen molar-refractivity contribution in [1.82, 2.24) is 14.9 Å². The Morgan fingerprint density at radius 2 is 2.07 bits per heavy atom. The SMILES string of the molecule is Cc1ccccc1NC(=S)N(Cc1nc2ccccc2c(=O)[nH]1)C[C@H]1CCCO1. The summed E-state index contributed by atoms with van der Waals surface area (Å²) in [5.41, 5.74) is 2.63. The van der Waals surface area contributed by atoms with E-state index < -0.39 is 0 Å². The van der Waals surface area contributed by atoms with Gasteiger partial charge in [-0.05, 0) is 55.7 Å². The molecule has 1 aromatic heterocycles. The molecule has 4 rings (SSSR count). The molecule has 0 amide bonds. The fourth-order valence-electron chi connectivity index (χ4n) is 3.55. The summed E-state index contributed by atoms with van der Waals surface area (Å²) in [4.78, 5) is 22.0. The van der Waals surface area contributed by atoms with E-state index in [4.69, 9.17) is 17.0 Å². The third-order valence-electron chi connectivity index (χ3n) is 5.12. The van der Waals surface area contributed by atoms with Crippen molar-refractivity contribution < 1.29 is 4.74 Å². The number of aryl methyl sites for hydroxylation is 1. The van der Waals surface area contributed by atoms with Crippen LogP contribution in [-0.2, 0) is 11.3 Å². The van der Waals surface area contributed by atoms with Gasteiger partial charge in [0.05, 0.1) is 23.6 Å². The van der Waals surface area contributed by atoms with Gasteiger partial charge in [0.25, 0.3) is 5.56 Å². The number of fused-ring (bicyclic) bond motifs is 1. The van der Waals surface area contributed by atoms with Crippen LogP contribution in [0.25, 0.3) is 10.9 Å². The number of aromatic nitrogens is 2. The van der Waals surface area contributed by atoms with Crippen LogP contribution < -0.4 is 10.9 Å². The van der Waals surface area contributed by atoms with Gasteiger partial charge in [0.15, 0.2) is 5.11 Å². The lowest BCUT2D eigenvalue weighted by Gasteiger charge is -2.28. The van der Waals surface area contributed by atoms with E-state index in [1.807, 2.05) is 54.3 Å². The summed E-state index contributed by atoms with van der Waals surface area (Å²) in [6, 6.07) is 15.4. The van der Waals surface area contributed by atoms with E-state index in [1.54, 1.807) is 6.07 Å². The lowest BCUT2D eigenvalue weighted by Crippen LogP contribution is -2.40. The zero-order valence-corrected chi connectivity index (χ0v) is 17.2. The molecule has 2 aromatic carbocycles. The molecule has 0 unspecified atom stereocenters. The summed E-state index contributed by atoms with van der Waals surface area (Å²) in [5.74, 6) is 0.584. The molecular formula is C22H24N4O2S. The predicted octanol–water partition coefficient (Wildman–Crippen LogP) is 3.61. The topological polar surface area (TPSA) is 70.2 Å². The molecule has 0 saturated carbocycles. The zero-order chi connectivity index (χ0) is 20.2. The highest BCUT2D eigenvalue weighted by molar-refractivity contribution is 7.80. The molecule has 0 bridgehead atoms. The normalized spacial score (nSPS) is 16.1. The van der Waals surface area contributed by atoms with Crippen molar-refractivity contribution in [2.45, 2.75) is 32.4 Å². The van der Waals surface area contributed by atoms with Gasteiger partial charge in [-0.25, -0.2) is 4.98 Å². The quantitative estimate of drug-likeness (QED) is 0.629. The number of thiocarbonyl (C=S) groups is 1. The number of para-hydroxylation sites is 2. The first-order chi connectivity index (χ1) is 14.1. The van der Waals surface area contributed by atoms with Crippen molar-refractivity contribution in [2.75, 3.05) is 18.5 Å². The number of H-pyrrole nitrogens is 1. The van der Waals surface area contributed by atoms with Crippen LogP contribution in [0.1, 0.15) is 24.2 Å². The largest absolute Gasteiger partial charge is 0.376 e. The molecule has 2 N–H and O–H groups in total. The Morgan fingerprint density at radius 1 is 1.28 bits per heavy atom. The lowest BCUT2D eigenvalue weighted by molar-refractivity contribution is 0.0900. The minimum Gasteiger partial charge on any atom is -0.376 e. The maximum Gasteiger partial charge on any atom is 0.258 e. The average molecular weight is 409 g/mol. The van der Waals surface area contributed by atoms with E-state index in [0.29, 0.717) is 34.9 Å². The van der Waals surface area contributed by atoms with Crippen LogP contribution in [0.5, 0.6) is 0 Å². The Labute approximate surface area is 174 Å². The summed E-state index contributed by atoms with van der Waals surface area (Å²) in [7, 11) is 0. The van der Waals surface area contributed by atoms with Crippen molar-refractivity contribution >= 4 is 33.9 Å². The first-order valence-corrected chi connectivity index (χ1v) is 10.2. The van der Waals surface area contributed by atoms with Gasteiger partial charge in [-0.3, -0.25) is 4.79 Å². The van der Waals surface area contributed by atoms with Crippen molar-refractivity contribution in [3.05, 3.63) is 70.3 Å². The van der Waals surface area contributed by atoms with Crippen molar-refractivity contribution in [2.24, 2.45) is 0 Å². The van der Waals surface area contributed by atoms with E-state index in [9.17, 15) is 4.79 Å². The highest BCUT2D eigenvalue weighted by Crippen LogP contribution is 2.18. The number of benzene rings is 2. The molecule has 7 heteroatoms. The first-order valence-electron chi connectivity index (χ1n) is 9.81. The second-order valence-corrected chi connectivity index (χ2v) is 7.68. The Kier molecular flexibility index (Phi) is 5.87. The summed E-state index contributed by atoms with van der Waals surface area (Å²) in [6.45, 7) is 3.87. The minimum atomic E-state index is -0.138. The molecule has 1 aliphatic heterocycles. The molecule has 0 spiro atoms. The van der Waals surface area contributed by atoms with E-state index in [1.165, 1.54) is 0 Å². The third-order valence-corrected chi connectivity index (χ3v) is 5.48. The number of rotatable bonds is 5. The van der Waals surface area contributed by atoms with E-state index >= 15 is 0 Å². The molecule has 1 saturated heterocycles. The third kappa shape index (κ3) is 4.63. The van der Waals surface area contributed by atoms with Gasteiger partial charge in [0.1, 0.15) is 5.82 Å². The fourth-order valence-corrected chi connectivity index (χ4v) is 3.80. The molecule has 0 aliphatic carbocycles. The van der Waals surface area contributed by atoms with Gasteiger partial charge in [-0.15, -0.1) is 0 Å². The van der Waals surface area contributed by atoms with E-state index in [2.05, 4.69) is 15.3 Å². The summed E-state index contributed by atoms with van der Waals surface area (Å²) >= 11 is 5.72. The maximum absolute atomic E-state index is 12.4. The summed E-state index contributed by atoms with van der Waals surface area (Å²) < 4.78 is 5.82. The van der Waals surface area contributed by atoms with Gasteiger partial charge < -0.3 is 19.9 Å². The molecule has 1 fully saturated rings. The van der Waals surface area contributed by atoms with Gasteiger partial charge in [0, 0.05) is 18.8 Å². The smallest absolute Gasteiger partial charge is 0.258 e. The van der Waals surface area contributed by atoms with Crippen molar-refractivity contribution in [1.29, 1.82) is 0 Å². The van der Waals surface area contributed by atoms with Crippen molar-refractivity contribution in [3.63, 3.8) is 0 Å². The Bertz CT molecular complexity index is 1080. The minimum absolute atomic E-state index is 0.124. The van der Waals surface area contributed by atoms with E-state index in [0.717, 1.165) is 30.7 Å². The summed E-state index contributed by atoms with van der Waals surface area (Å²) in [5, 5.41) is 4.51. The molecule has 150 valence electrons. The van der Waals surface area contributed by atoms with Gasteiger partial charge in [-0.2, -0.15) is 0 Å². The highest BCUT2D eigenvalue weighted by atomic mass is 32.1. The molecule has 6 nitrogen and oxygen atoms in total. The van der Waals surface area contributed by atoms with Crippen molar-refractivity contribution in [3.8, 4) is 0 Å². The molecule has 3 aromatic rings. The number of nitrogens with one attached hydrogen (secondary N) is 2. The fraction of sp³-hybridized carbons (Fsp3) is 0.318.